The lowest BCUT2D eigenvalue weighted by Crippen LogP contribution is -2.32. The molecule has 0 saturated heterocycles. The van der Waals surface area contributed by atoms with Crippen molar-refractivity contribution in [2.75, 3.05) is 20.6 Å². The Bertz CT molecular complexity index is 385. The molecule has 0 fully saturated rings. The summed E-state index contributed by atoms with van der Waals surface area (Å²) in [6, 6.07) is 10.3. The van der Waals surface area contributed by atoms with Gasteiger partial charge in [0.15, 0.2) is 0 Å². The molecule has 0 aliphatic carbocycles. The van der Waals surface area contributed by atoms with Crippen LogP contribution in [0, 0.1) is 5.21 Å². The molecule has 1 N–H and O–H groups in total. The molecule has 16 heavy (non-hydrogen) atoms. The van der Waals surface area contributed by atoms with E-state index in [0.29, 0.717) is 0 Å². The van der Waals surface area contributed by atoms with Gasteiger partial charge in [0.05, 0.1) is 20.6 Å². The highest BCUT2D eigenvalue weighted by Crippen LogP contribution is 2.09. The number of aromatic nitrogens is 1. The standard InChI is InChI=1S/C8H7N.C5H13NO/c1-2-4-8-7(3-1)5-6-9-8;1-4-5-6(2,3)7/h1-6,9H;4-5H2,1-3H3. The molecule has 2 rings (SSSR count). The number of nitrogens with one attached hydrogen (secondary N) is 1. The summed E-state index contributed by atoms with van der Waals surface area (Å²) < 4.78 is -0.156. The van der Waals surface area contributed by atoms with Gasteiger partial charge in [-0.1, -0.05) is 25.1 Å². The van der Waals surface area contributed by atoms with Crippen LogP contribution in [0.3, 0.4) is 0 Å². The number of rotatable bonds is 2. The molecule has 88 valence electrons. The van der Waals surface area contributed by atoms with Gasteiger partial charge < -0.3 is 14.8 Å². The summed E-state index contributed by atoms with van der Waals surface area (Å²) in [7, 11) is 3.31. The Morgan fingerprint density at radius 2 is 1.88 bits per heavy atom. The monoisotopic (exact) mass is 220 g/mol. The molecular weight excluding hydrogens is 200 g/mol. The molecule has 3 nitrogen and oxygen atoms in total. The topological polar surface area (TPSA) is 38.8 Å². The summed E-state index contributed by atoms with van der Waals surface area (Å²) >= 11 is 0. The molecule has 0 unspecified atom stereocenters. The first kappa shape index (κ1) is 12.7. The van der Waals surface area contributed by atoms with Crippen molar-refractivity contribution in [3.8, 4) is 0 Å². The molecular formula is C13H20N2O. The van der Waals surface area contributed by atoms with Crippen LogP contribution in [0.2, 0.25) is 0 Å². The third-order valence-electron chi connectivity index (χ3n) is 2.22. The van der Waals surface area contributed by atoms with Crippen LogP contribution in [0.5, 0.6) is 0 Å². The lowest BCUT2D eigenvalue weighted by molar-refractivity contribution is -0.839. The Hall–Kier alpha value is -1.32. The van der Waals surface area contributed by atoms with E-state index in [1.165, 1.54) is 10.9 Å². The van der Waals surface area contributed by atoms with E-state index in [9.17, 15) is 5.21 Å². The number of aromatic amines is 1. The highest BCUT2D eigenvalue weighted by molar-refractivity contribution is 5.78. The largest absolute Gasteiger partial charge is 0.633 e. The van der Waals surface area contributed by atoms with Crippen molar-refractivity contribution in [2.45, 2.75) is 13.3 Å². The molecule has 0 radical (unpaired) electrons. The van der Waals surface area contributed by atoms with E-state index in [-0.39, 0.29) is 4.65 Å². The molecule has 2 aromatic rings. The minimum Gasteiger partial charge on any atom is -0.633 e. The number of benzene rings is 1. The van der Waals surface area contributed by atoms with Crippen LogP contribution in [-0.2, 0) is 0 Å². The fourth-order valence-corrected chi connectivity index (χ4v) is 1.53. The predicted octanol–water partition coefficient (Wildman–Crippen LogP) is 3.14. The summed E-state index contributed by atoms with van der Waals surface area (Å²) in [5.41, 5.74) is 1.21. The second-order valence-corrected chi connectivity index (χ2v) is 4.36. The van der Waals surface area contributed by atoms with Crippen molar-refractivity contribution >= 4 is 10.9 Å². The highest BCUT2D eigenvalue weighted by atomic mass is 16.5. The number of hydrogen-bond acceptors (Lipinski definition) is 1. The van der Waals surface area contributed by atoms with E-state index in [0.717, 1.165) is 13.0 Å². The average molecular weight is 220 g/mol. The third kappa shape index (κ3) is 4.47. The maximum absolute atomic E-state index is 10.6. The maximum atomic E-state index is 10.6. The van der Waals surface area contributed by atoms with Gasteiger partial charge >= 0.3 is 0 Å². The molecule has 0 saturated carbocycles. The van der Waals surface area contributed by atoms with Gasteiger partial charge in [0.2, 0.25) is 0 Å². The van der Waals surface area contributed by atoms with Crippen molar-refractivity contribution in [3.63, 3.8) is 0 Å². The Balaban J connectivity index is 0.000000168. The second-order valence-electron chi connectivity index (χ2n) is 4.36. The first-order valence-electron chi connectivity index (χ1n) is 5.59. The van der Waals surface area contributed by atoms with Crippen LogP contribution in [-0.4, -0.2) is 30.3 Å². The van der Waals surface area contributed by atoms with E-state index in [1.54, 1.807) is 14.1 Å². The molecule has 1 aromatic carbocycles. The SMILES string of the molecule is CCC[N+](C)(C)[O-].c1ccc2[nH]ccc2c1. The molecule has 0 amide bonds. The Kier molecular flexibility index (Phi) is 4.52. The van der Waals surface area contributed by atoms with Gasteiger partial charge in [-0.05, 0) is 23.9 Å². The van der Waals surface area contributed by atoms with Gasteiger partial charge in [0.25, 0.3) is 0 Å². The minimum atomic E-state index is -0.156. The van der Waals surface area contributed by atoms with Crippen molar-refractivity contribution in [2.24, 2.45) is 0 Å². The van der Waals surface area contributed by atoms with E-state index >= 15 is 0 Å². The van der Waals surface area contributed by atoms with E-state index < -0.39 is 0 Å². The van der Waals surface area contributed by atoms with E-state index in [4.69, 9.17) is 0 Å². The summed E-state index contributed by atoms with van der Waals surface area (Å²) in [5.74, 6) is 0. The van der Waals surface area contributed by atoms with Gasteiger partial charge in [-0.3, -0.25) is 0 Å². The predicted molar refractivity (Wildman–Crippen MR) is 68.9 cm³/mol. The van der Waals surface area contributed by atoms with Crippen molar-refractivity contribution in [1.29, 1.82) is 0 Å². The Labute approximate surface area is 96.9 Å². The zero-order chi connectivity index (χ0) is 12.0. The quantitative estimate of drug-likeness (QED) is 0.613. The van der Waals surface area contributed by atoms with Crippen LogP contribution in [0.4, 0.5) is 0 Å². The van der Waals surface area contributed by atoms with Gasteiger partial charge in [-0.15, -0.1) is 0 Å². The van der Waals surface area contributed by atoms with Crippen LogP contribution < -0.4 is 0 Å². The summed E-state index contributed by atoms with van der Waals surface area (Å²) in [6.07, 6.45) is 2.92. The molecule has 0 spiro atoms. The lowest BCUT2D eigenvalue weighted by atomic mass is 10.3. The zero-order valence-electron chi connectivity index (χ0n) is 10.2. The molecule has 0 aliphatic heterocycles. The van der Waals surface area contributed by atoms with Gasteiger partial charge in [0.1, 0.15) is 0 Å². The maximum Gasteiger partial charge on any atom is 0.0777 e. The summed E-state index contributed by atoms with van der Waals surface area (Å²) in [5, 5.41) is 11.9. The minimum absolute atomic E-state index is 0.156. The van der Waals surface area contributed by atoms with Crippen molar-refractivity contribution in [1.82, 2.24) is 4.98 Å². The van der Waals surface area contributed by atoms with Gasteiger partial charge in [-0.2, -0.15) is 0 Å². The third-order valence-corrected chi connectivity index (χ3v) is 2.22. The Morgan fingerprint density at radius 1 is 1.19 bits per heavy atom. The number of hydroxylamine groups is 3. The molecule has 0 atom stereocenters. The summed E-state index contributed by atoms with van der Waals surface area (Å²) in [6.45, 7) is 2.73. The van der Waals surface area contributed by atoms with Crippen LogP contribution >= 0.6 is 0 Å². The molecule has 0 bridgehead atoms. The fourth-order valence-electron chi connectivity index (χ4n) is 1.53. The molecule has 1 heterocycles. The normalized spacial score (nSPS) is 11.0. The summed E-state index contributed by atoms with van der Waals surface area (Å²) in [4.78, 5) is 3.12. The highest BCUT2D eigenvalue weighted by Gasteiger charge is 1.95. The van der Waals surface area contributed by atoms with Gasteiger partial charge in [0, 0.05) is 11.7 Å². The van der Waals surface area contributed by atoms with E-state index in [1.807, 2.05) is 25.3 Å². The number of nitrogens with zero attached hydrogens (tertiary/aromatic N) is 1. The smallest absolute Gasteiger partial charge is 0.0777 e. The molecule has 0 aliphatic rings. The first-order chi connectivity index (χ1) is 7.53. The van der Waals surface area contributed by atoms with Gasteiger partial charge in [-0.25, -0.2) is 0 Å². The lowest BCUT2D eigenvalue weighted by Gasteiger charge is -2.33. The first-order valence-corrected chi connectivity index (χ1v) is 5.59. The van der Waals surface area contributed by atoms with Crippen LogP contribution in [0.25, 0.3) is 10.9 Å². The van der Waals surface area contributed by atoms with Crippen LogP contribution in [0.1, 0.15) is 13.3 Å². The number of quaternary nitrogens is 1. The number of H-pyrrole nitrogens is 1. The zero-order valence-corrected chi connectivity index (χ0v) is 10.2. The number of hydrogen-bond donors (Lipinski definition) is 1. The second kappa shape index (κ2) is 5.68. The van der Waals surface area contributed by atoms with Crippen LogP contribution in [0.15, 0.2) is 36.5 Å². The molecule has 3 heteroatoms. The molecule has 1 aromatic heterocycles. The number of fused-ring (bicyclic) bond motifs is 1. The number of para-hydroxylation sites is 1. The van der Waals surface area contributed by atoms with Crippen molar-refractivity contribution < 1.29 is 4.65 Å². The van der Waals surface area contributed by atoms with Crippen molar-refractivity contribution in [3.05, 3.63) is 41.7 Å². The van der Waals surface area contributed by atoms with E-state index in [2.05, 4.69) is 23.2 Å². The average Bonchev–Trinajstić information content (AvgIpc) is 2.64. The Morgan fingerprint density at radius 3 is 2.38 bits per heavy atom. The fraction of sp³-hybridized carbons (Fsp3) is 0.385.